The number of aromatic nitrogens is 1. The number of para-hydroxylation sites is 3. The molecule has 0 bridgehead atoms. The molecular formula is C23H25N3O3. The summed E-state index contributed by atoms with van der Waals surface area (Å²) in [6.45, 7) is 5.04. The summed E-state index contributed by atoms with van der Waals surface area (Å²) in [6.07, 6.45) is 0.213. The number of ketones is 1. The van der Waals surface area contributed by atoms with E-state index >= 15 is 0 Å². The van der Waals surface area contributed by atoms with E-state index in [0.29, 0.717) is 24.4 Å². The van der Waals surface area contributed by atoms with Gasteiger partial charge in [-0.3, -0.25) is 9.59 Å². The first kappa shape index (κ1) is 19.1. The third-order valence-electron chi connectivity index (χ3n) is 5.21. The number of rotatable bonds is 6. The summed E-state index contributed by atoms with van der Waals surface area (Å²) in [5.41, 5.74) is 3.34. The van der Waals surface area contributed by atoms with Crippen molar-refractivity contribution in [3.05, 3.63) is 59.8 Å². The van der Waals surface area contributed by atoms with Gasteiger partial charge in [0, 0.05) is 28.7 Å². The number of H-pyrrole nitrogens is 1. The molecule has 0 unspecified atom stereocenters. The smallest absolute Gasteiger partial charge is 0.262 e. The van der Waals surface area contributed by atoms with Crippen LogP contribution in [0.5, 0.6) is 5.75 Å². The number of Topliss-reactive ketones (excluding diaryl/α,β-unsaturated/α-hetero) is 1. The van der Waals surface area contributed by atoms with Crippen molar-refractivity contribution in [1.82, 2.24) is 10.3 Å². The minimum absolute atomic E-state index is 0.0179. The van der Waals surface area contributed by atoms with Gasteiger partial charge in [0.15, 0.2) is 11.9 Å². The minimum Gasteiger partial charge on any atom is -0.477 e. The quantitative estimate of drug-likeness (QED) is 0.631. The van der Waals surface area contributed by atoms with E-state index < -0.39 is 6.10 Å². The van der Waals surface area contributed by atoms with Crippen LogP contribution in [0.2, 0.25) is 0 Å². The van der Waals surface area contributed by atoms with Crippen molar-refractivity contribution in [1.29, 1.82) is 0 Å². The number of ether oxygens (including phenoxy) is 1. The normalized spacial score (nSPS) is 15.7. The van der Waals surface area contributed by atoms with Crippen molar-refractivity contribution in [2.24, 2.45) is 0 Å². The number of hydrogen-bond acceptors (Lipinski definition) is 4. The number of carbonyl (C=O) groups is 2. The van der Waals surface area contributed by atoms with Crippen LogP contribution in [-0.2, 0) is 4.79 Å². The van der Waals surface area contributed by atoms with Gasteiger partial charge >= 0.3 is 0 Å². The van der Waals surface area contributed by atoms with E-state index in [4.69, 9.17) is 4.74 Å². The largest absolute Gasteiger partial charge is 0.477 e. The van der Waals surface area contributed by atoms with Gasteiger partial charge in [-0.05, 0) is 31.5 Å². The highest BCUT2D eigenvalue weighted by Crippen LogP contribution is 2.33. The zero-order valence-electron chi connectivity index (χ0n) is 16.7. The van der Waals surface area contributed by atoms with Crippen molar-refractivity contribution < 1.29 is 14.3 Å². The molecule has 0 saturated carbocycles. The predicted molar refractivity (Wildman–Crippen MR) is 114 cm³/mol. The molecule has 0 radical (unpaired) electrons. The lowest BCUT2D eigenvalue weighted by Crippen LogP contribution is -2.50. The van der Waals surface area contributed by atoms with Gasteiger partial charge in [0.25, 0.3) is 5.91 Å². The van der Waals surface area contributed by atoms with Crippen LogP contribution in [0.15, 0.2) is 48.5 Å². The van der Waals surface area contributed by atoms with Crippen LogP contribution in [0.3, 0.4) is 0 Å². The minimum atomic E-state index is -0.645. The fourth-order valence-electron chi connectivity index (χ4n) is 3.84. The first-order valence-corrected chi connectivity index (χ1v) is 9.97. The third kappa shape index (κ3) is 3.70. The number of nitrogens with one attached hydrogen (secondary N) is 2. The molecule has 150 valence electrons. The summed E-state index contributed by atoms with van der Waals surface area (Å²) in [6, 6.07) is 15.4. The maximum atomic E-state index is 13.3. The van der Waals surface area contributed by atoms with E-state index in [2.05, 4.69) is 10.3 Å². The Morgan fingerprint density at radius 2 is 1.93 bits per heavy atom. The molecule has 29 heavy (non-hydrogen) atoms. The monoisotopic (exact) mass is 391 g/mol. The van der Waals surface area contributed by atoms with E-state index in [1.807, 2.05) is 67.3 Å². The molecule has 0 fully saturated rings. The Morgan fingerprint density at radius 1 is 1.17 bits per heavy atom. The van der Waals surface area contributed by atoms with Gasteiger partial charge < -0.3 is 19.9 Å². The van der Waals surface area contributed by atoms with Crippen LogP contribution in [0.4, 0.5) is 5.69 Å². The lowest BCUT2D eigenvalue weighted by atomic mass is 10.1. The maximum absolute atomic E-state index is 13.3. The van der Waals surface area contributed by atoms with E-state index in [1.54, 1.807) is 0 Å². The van der Waals surface area contributed by atoms with Crippen LogP contribution in [0.25, 0.3) is 10.9 Å². The van der Waals surface area contributed by atoms with Gasteiger partial charge in [-0.2, -0.15) is 0 Å². The second-order valence-corrected chi connectivity index (χ2v) is 7.34. The van der Waals surface area contributed by atoms with Crippen LogP contribution in [0.1, 0.15) is 29.4 Å². The molecule has 0 spiro atoms. The number of benzene rings is 2. The number of hydrogen-bond donors (Lipinski definition) is 2. The SMILES string of the molecule is CCCNC(=O)[C@@H]1CN(CC(=O)c2c(C)[nH]c3ccccc23)c2ccccc2O1. The van der Waals surface area contributed by atoms with E-state index in [-0.39, 0.29) is 18.2 Å². The molecule has 3 aromatic rings. The second kappa shape index (κ2) is 7.99. The molecule has 6 heteroatoms. The summed E-state index contributed by atoms with van der Waals surface area (Å²) < 4.78 is 5.92. The van der Waals surface area contributed by atoms with E-state index in [1.165, 1.54) is 0 Å². The Morgan fingerprint density at radius 3 is 2.76 bits per heavy atom. The van der Waals surface area contributed by atoms with Crippen molar-refractivity contribution in [3.63, 3.8) is 0 Å². The van der Waals surface area contributed by atoms with Crippen molar-refractivity contribution in [2.75, 3.05) is 24.5 Å². The highest BCUT2D eigenvalue weighted by atomic mass is 16.5. The van der Waals surface area contributed by atoms with Crippen molar-refractivity contribution >= 4 is 28.3 Å². The maximum Gasteiger partial charge on any atom is 0.262 e. The number of amides is 1. The van der Waals surface area contributed by atoms with E-state index in [9.17, 15) is 9.59 Å². The summed E-state index contributed by atoms with van der Waals surface area (Å²) in [4.78, 5) is 31.0. The van der Waals surface area contributed by atoms with Gasteiger partial charge in [-0.25, -0.2) is 0 Å². The number of fused-ring (bicyclic) bond motifs is 2. The molecule has 1 atom stereocenters. The van der Waals surface area contributed by atoms with Crippen molar-refractivity contribution in [3.8, 4) is 5.75 Å². The first-order chi connectivity index (χ1) is 14.1. The molecule has 2 aromatic carbocycles. The highest BCUT2D eigenvalue weighted by Gasteiger charge is 2.32. The standard InChI is InChI=1S/C23H25N3O3/c1-3-12-24-23(28)21-14-26(18-10-6-7-11-20(18)29-21)13-19(27)22-15(2)25-17-9-5-4-8-16(17)22/h4-11,21,25H,3,12-14H2,1-2H3,(H,24,28)/t21-/m0/s1. The number of aryl methyl sites for hydroxylation is 1. The number of carbonyl (C=O) groups excluding carboxylic acids is 2. The Hall–Kier alpha value is -3.28. The van der Waals surface area contributed by atoms with Crippen LogP contribution >= 0.6 is 0 Å². The molecule has 6 nitrogen and oxygen atoms in total. The number of nitrogens with zero attached hydrogens (tertiary/aromatic N) is 1. The summed E-state index contributed by atoms with van der Waals surface area (Å²) in [7, 11) is 0. The van der Waals surface area contributed by atoms with Gasteiger partial charge in [0.05, 0.1) is 18.8 Å². The van der Waals surface area contributed by atoms with Gasteiger partial charge in [-0.1, -0.05) is 37.3 Å². The van der Waals surface area contributed by atoms with Gasteiger partial charge in [0.1, 0.15) is 5.75 Å². The number of anilines is 1. The third-order valence-corrected chi connectivity index (χ3v) is 5.21. The zero-order chi connectivity index (χ0) is 20.4. The van der Waals surface area contributed by atoms with Crippen LogP contribution < -0.4 is 15.0 Å². The van der Waals surface area contributed by atoms with E-state index in [0.717, 1.165) is 28.7 Å². The van der Waals surface area contributed by atoms with Crippen LogP contribution in [0, 0.1) is 6.92 Å². The lowest BCUT2D eigenvalue weighted by molar-refractivity contribution is -0.127. The molecule has 1 amide bonds. The summed E-state index contributed by atoms with van der Waals surface area (Å²) >= 11 is 0. The molecular weight excluding hydrogens is 366 g/mol. The van der Waals surface area contributed by atoms with Crippen molar-refractivity contribution in [2.45, 2.75) is 26.4 Å². The topological polar surface area (TPSA) is 74.4 Å². The molecule has 1 aliphatic rings. The first-order valence-electron chi connectivity index (χ1n) is 9.97. The van der Waals surface area contributed by atoms with Crippen LogP contribution in [-0.4, -0.2) is 42.4 Å². The summed E-state index contributed by atoms with van der Waals surface area (Å²) in [5, 5.41) is 3.81. The average molecular weight is 391 g/mol. The predicted octanol–water partition coefficient (Wildman–Crippen LogP) is 3.45. The zero-order valence-corrected chi connectivity index (χ0v) is 16.7. The molecule has 0 aliphatic carbocycles. The van der Waals surface area contributed by atoms with Gasteiger partial charge in [-0.15, -0.1) is 0 Å². The Bertz CT molecular complexity index is 1060. The summed E-state index contributed by atoms with van der Waals surface area (Å²) in [5.74, 6) is 0.491. The molecule has 2 heterocycles. The molecule has 2 N–H and O–H groups in total. The molecule has 1 aliphatic heterocycles. The number of aromatic amines is 1. The molecule has 1 aromatic heterocycles. The molecule has 0 saturated heterocycles. The molecule has 4 rings (SSSR count). The Balaban J connectivity index is 1.61. The average Bonchev–Trinajstić information content (AvgIpc) is 3.07. The fraction of sp³-hybridized carbons (Fsp3) is 0.304. The van der Waals surface area contributed by atoms with Gasteiger partial charge in [0.2, 0.25) is 0 Å². The Kier molecular flexibility index (Phi) is 5.25. The fourth-order valence-corrected chi connectivity index (χ4v) is 3.84. The Labute approximate surface area is 169 Å². The highest BCUT2D eigenvalue weighted by molar-refractivity contribution is 6.11. The lowest BCUT2D eigenvalue weighted by Gasteiger charge is -2.35. The second-order valence-electron chi connectivity index (χ2n) is 7.34.